The summed E-state index contributed by atoms with van der Waals surface area (Å²) in [7, 11) is 0. The Balaban J connectivity index is 3.06. The number of benzene rings is 1. The van der Waals surface area contributed by atoms with Crippen molar-refractivity contribution < 1.29 is 5.11 Å². The van der Waals surface area contributed by atoms with Crippen molar-refractivity contribution in [2.24, 2.45) is 5.41 Å². The number of aryl methyl sites for hydroxylation is 1. The highest BCUT2D eigenvalue weighted by Crippen LogP contribution is 2.18. The Morgan fingerprint density at radius 1 is 1.21 bits per heavy atom. The zero-order chi connectivity index (χ0) is 10.8. The average molecular weight is 188 g/mol. The van der Waals surface area contributed by atoms with Crippen molar-refractivity contribution in [3.8, 4) is 17.6 Å². The summed E-state index contributed by atoms with van der Waals surface area (Å²) in [6.07, 6.45) is 0. The molecule has 0 saturated heterocycles. The van der Waals surface area contributed by atoms with Crippen LogP contribution in [0.5, 0.6) is 5.75 Å². The first-order chi connectivity index (χ1) is 6.38. The molecule has 1 rings (SSSR count). The Labute approximate surface area is 85.8 Å². The lowest BCUT2D eigenvalue weighted by Crippen LogP contribution is -1.99. The smallest absolute Gasteiger partial charge is 0.131 e. The zero-order valence-corrected chi connectivity index (χ0v) is 9.18. The second kappa shape index (κ2) is 3.75. The lowest BCUT2D eigenvalue weighted by molar-refractivity contribution is 0.473. The third-order valence-electron chi connectivity index (χ3n) is 1.72. The molecule has 1 nitrogen and oxygen atoms in total. The quantitative estimate of drug-likeness (QED) is 0.620. The Morgan fingerprint density at radius 2 is 1.86 bits per heavy atom. The molecule has 0 fully saturated rings. The van der Waals surface area contributed by atoms with E-state index in [0.717, 1.165) is 5.56 Å². The van der Waals surface area contributed by atoms with Crippen LogP contribution < -0.4 is 0 Å². The van der Waals surface area contributed by atoms with E-state index in [1.807, 2.05) is 39.8 Å². The lowest BCUT2D eigenvalue weighted by Gasteiger charge is -2.07. The molecule has 0 amide bonds. The largest absolute Gasteiger partial charge is 0.507 e. The summed E-state index contributed by atoms with van der Waals surface area (Å²) in [5, 5.41) is 9.53. The van der Waals surface area contributed by atoms with E-state index in [2.05, 4.69) is 11.8 Å². The molecule has 1 N–H and O–H groups in total. The lowest BCUT2D eigenvalue weighted by atomic mass is 9.97. The highest BCUT2D eigenvalue weighted by Gasteiger charge is 2.04. The fourth-order valence-electron chi connectivity index (χ4n) is 1.00. The minimum atomic E-state index is -0.0316. The highest BCUT2D eigenvalue weighted by molar-refractivity contribution is 5.47. The molecule has 1 heteroatoms. The summed E-state index contributed by atoms with van der Waals surface area (Å²) >= 11 is 0. The van der Waals surface area contributed by atoms with Crippen molar-refractivity contribution in [2.45, 2.75) is 27.7 Å². The standard InChI is InChI=1S/C13H16O/c1-10-5-6-12(14)11(9-10)7-8-13(2,3)4/h5-6,9,14H,1-4H3. The van der Waals surface area contributed by atoms with Crippen molar-refractivity contribution in [3.05, 3.63) is 29.3 Å². The van der Waals surface area contributed by atoms with Gasteiger partial charge in [-0.15, -0.1) is 0 Å². The molecule has 0 atom stereocenters. The molecule has 1 aromatic carbocycles. The van der Waals surface area contributed by atoms with Crippen molar-refractivity contribution in [3.63, 3.8) is 0 Å². The first-order valence-electron chi connectivity index (χ1n) is 4.71. The van der Waals surface area contributed by atoms with Crippen LogP contribution in [-0.4, -0.2) is 5.11 Å². The minimum absolute atomic E-state index is 0.0316. The molecule has 0 aromatic heterocycles. The number of aromatic hydroxyl groups is 1. The molecule has 0 aliphatic carbocycles. The van der Waals surface area contributed by atoms with E-state index < -0.39 is 0 Å². The van der Waals surface area contributed by atoms with Crippen LogP contribution in [0.2, 0.25) is 0 Å². The summed E-state index contributed by atoms with van der Waals surface area (Å²) in [6.45, 7) is 8.13. The maximum atomic E-state index is 9.53. The monoisotopic (exact) mass is 188 g/mol. The highest BCUT2D eigenvalue weighted by atomic mass is 16.3. The molecule has 0 heterocycles. The summed E-state index contributed by atoms with van der Waals surface area (Å²) in [6, 6.07) is 5.45. The number of hydrogen-bond acceptors (Lipinski definition) is 1. The van der Waals surface area contributed by atoms with Gasteiger partial charge in [-0.05, 0) is 45.4 Å². The number of phenolic OH excluding ortho intramolecular Hbond substituents is 1. The first-order valence-corrected chi connectivity index (χ1v) is 4.71. The van der Waals surface area contributed by atoms with Gasteiger partial charge in [-0.3, -0.25) is 0 Å². The third kappa shape index (κ3) is 3.14. The van der Waals surface area contributed by atoms with E-state index >= 15 is 0 Å². The summed E-state index contributed by atoms with van der Waals surface area (Å²) in [4.78, 5) is 0. The van der Waals surface area contributed by atoms with Gasteiger partial charge in [0.25, 0.3) is 0 Å². The van der Waals surface area contributed by atoms with Gasteiger partial charge in [-0.2, -0.15) is 0 Å². The van der Waals surface area contributed by atoms with E-state index in [1.54, 1.807) is 6.07 Å². The fraction of sp³-hybridized carbons (Fsp3) is 0.385. The van der Waals surface area contributed by atoms with Crippen molar-refractivity contribution in [1.29, 1.82) is 0 Å². The average Bonchev–Trinajstić information content (AvgIpc) is 2.05. The molecule has 14 heavy (non-hydrogen) atoms. The first kappa shape index (κ1) is 10.7. The van der Waals surface area contributed by atoms with Crippen LogP contribution in [0.15, 0.2) is 18.2 Å². The van der Waals surface area contributed by atoms with Gasteiger partial charge in [-0.25, -0.2) is 0 Å². The molecular formula is C13H16O. The van der Waals surface area contributed by atoms with Gasteiger partial charge in [0.1, 0.15) is 5.75 Å². The molecule has 0 bridgehead atoms. The molecule has 0 radical (unpaired) electrons. The van der Waals surface area contributed by atoms with Gasteiger partial charge in [0.15, 0.2) is 0 Å². The van der Waals surface area contributed by atoms with E-state index in [1.165, 1.54) is 0 Å². The van der Waals surface area contributed by atoms with Crippen molar-refractivity contribution >= 4 is 0 Å². The van der Waals surface area contributed by atoms with Gasteiger partial charge in [-0.1, -0.05) is 17.9 Å². The second-order valence-corrected chi connectivity index (χ2v) is 4.52. The van der Waals surface area contributed by atoms with E-state index in [0.29, 0.717) is 5.56 Å². The normalized spacial score (nSPS) is 10.6. The van der Waals surface area contributed by atoms with Crippen LogP contribution in [0.4, 0.5) is 0 Å². The zero-order valence-electron chi connectivity index (χ0n) is 9.18. The Hall–Kier alpha value is -1.42. The summed E-state index contributed by atoms with van der Waals surface area (Å²) < 4.78 is 0. The van der Waals surface area contributed by atoms with E-state index in [4.69, 9.17) is 0 Å². The van der Waals surface area contributed by atoms with Crippen LogP contribution in [0.25, 0.3) is 0 Å². The molecule has 1 aromatic rings. The van der Waals surface area contributed by atoms with Crippen molar-refractivity contribution in [2.75, 3.05) is 0 Å². The Kier molecular flexibility index (Phi) is 2.86. The number of phenols is 1. The fourth-order valence-corrected chi connectivity index (χ4v) is 1.00. The van der Waals surface area contributed by atoms with E-state index in [9.17, 15) is 5.11 Å². The topological polar surface area (TPSA) is 20.2 Å². The predicted molar refractivity (Wildman–Crippen MR) is 59.2 cm³/mol. The van der Waals surface area contributed by atoms with Crippen LogP contribution in [-0.2, 0) is 0 Å². The molecular weight excluding hydrogens is 172 g/mol. The molecule has 0 spiro atoms. The van der Waals surface area contributed by atoms with Gasteiger partial charge in [0.2, 0.25) is 0 Å². The van der Waals surface area contributed by atoms with Crippen molar-refractivity contribution in [1.82, 2.24) is 0 Å². The van der Waals surface area contributed by atoms with Gasteiger partial charge in [0.05, 0.1) is 5.56 Å². The van der Waals surface area contributed by atoms with E-state index in [-0.39, 0.29) is 11.2 Å². The third-order valence-corrected chi connectivity index (χ3v) is 1.72. The van der Waals surface area contributed by atoms with Crippen LogP contribution >= 0.6 is 0 Å². The van der Waals surface area contributed by atoms with Crippen LogP contribution in [0.1, 0.15) is 31.9 Å². The Morgan fingerprint density at radius 3 is 2.43 bits per heavy atom. The van der Waals surface area contributed by atoms with Gasteiger partial charge < -0.3 is 5.11 Å². The molecule has 0 aliphatic heterocycles. The van der Waals surface area contributed by atoms with Crippen LogP contribution in [0, 0.1) is 24.2 Å². The Bertz CT molecular complexity index is 386. The van der Waals surface area contributed by atoms with Gasteiger partial charge in [0, 0.05) is 5.41 Å². The molecule has 0 saturated carbocycles. The molecule has 74 valence electrons. The molecule has 0 aliphatic rings. The summed E-state index contributed by atoms with van der Waals surface area (Å²) in [5.74, 6) is 6.35. The second-order valence-electron chi connectivity index (χ2n) is 4.52. The predicted octanol–water partition coefficient (Wildman–Crippen LogP) is 3.10. The number of hydrogen-bond donors (Lipinski definition) is 1. The molecule has 0 unspecified atom stereocenters. The summed E-state index contributed by atoms with van der Waals surface area (Å²) in [5.41, 5.74) is 1.79. The SMILES string of the molecule is Cc1ccc(O)c(C#CC(C)(C)C)c1. The van der Waals surface area contributed by atoms with Crippen LogP contribution in [0.3, 0.4) is 0 Å². The maximum Gasteiger partial charge on any atom is 0.131 e. The number of rotatable bonds is 0. The minimum Gasteiger partial charge on any atom is -0.507 e. The maximum absolute atomic E-state index is 9.53. The van der Waals surface area contributed by atoms with Gasteiger partial charge >= 0.3 is 0 Å².